The molecule has 2 aliphatic rings. The molecule has 1 aliphatic carbocycles. The van der Waals surface area contributed by atoms with Crippen LogP contribution >= 0.6 is 0 Å². The molecule has 0 aromatic heterocycles. The van der Waals surface area contributed by atoms with E-state index < -0.39 is 10.2 Å². The minimum atomic E-state index is -3.34. The number of nitrogens with zero attached hydrogens (tertiary/aromatic N) is 2. The lowest BCUT2D eigenvalue weighted by Gasteiger charge is -2.29. The van der Waals surface area contributed by atoms with Crippen LogP contribution < -0.4 is 5.32 Å². The minimum Gasteiger partial charge on any atom is -0.381 e. The first-order valence-electron chi connectivity index (χ1n) is 8.03. The van der Waals surface area contributed by atoms with Crippen LogP contribution in [0.1, 0.15) is 26.2 Å². The Morgan fingerprint density at radius 2 is 1.91 bits per heavy atom. The summed E-state index contributed by atoms with van der Waals surface area (Å²) in [6, 6.07) is 10.3. The highest BCUT2D eigenvalue weighted by Gasteiger charge is 2.40. The Balaban J connectivity index is 1.61. The molecule has 2 atom stereocenters. The summed E-state index contributed by atoms with van der Waals surface area (Å²) >= 11 is 0. The molecule has 22 heavy (non-hydrogen) atoms. The van der Waals surface area contributed by atoms with Crippen molar-refractivity contribution in [3.8, 4) is 0 Å². The fraction of sp³-hybridized carbons (Fsp3) is 0.625. The maximum atomic E-state index is 12.7. The molecule has 6 heteroatoms. The van der Waals surface area contributed by atoms with Gasteiger partial charge in [-0.15, -0.1) is 0 Å². The fourth-order valence-electron chi connectivity index (χ4n) is 3.09. The second-order valence-electron chi connectivity index (χ2n) is 6.46. The molecule has 1 heterocycles. The van der Waals surface area contributed by atoms with Gasteiger partial charge in [-0.05, 0) is 44.2 Å². The quantitative estimate of drug-likeness (QED) is 0.873. The molecule has 3 rings (SSSR count). The maximum absolute atomic E-state index is 12.7. The predicted octanol–water partition coefficient (Wildman–Crippen LogP) is 2.15. The molecule has 1 aromatic carbocycles. The highest BCUT2D eigenvalue weighted by molar-refractivity contribution is 7.86. The molecule has 1 N–H and O–H groups in total. The van der Waals surface area contributed by atoms with E-state index in [1.807, 2.05) is 37.3 Å². The van der Waals surface area contributed by atoms with Crippen LogP contribution in [-0.2, 0) is 10.2 Å². The van der Waals surface area contributed by atoms with Gasteiger partial charge in [-0.25, -0.2) is 0 Å². The van der Waals surface area contributed by atoms with Gasteiger partial charge < -0.3 is 5.32 Å². The van der Waals surface area contributed by atoms with E-state index in [0.29, 0.717) is 19.0 Å². The fourth-order valence-corrected chi connectivity index (χ4v) is 4.75. The highest BCUT2D eigenvalue weighted by atomic mass is 32.2. The summed E-state index contributed by atoms with van der Waals surface area (Å²) in [5, 5.41) is 3.42. The summed E-state index contributed by atoms with van der Waals surface area (Å²) in [5.74, 6) is 0.542. The van der Waals surface area contributed by atoms with Crippen LogP contribution in [0.3, 0.4) is 0 Å². The smallest absolute Gasteiger partial charge is 0.282 e. The van der Waals surface area contributed by atoms with Gasteiger partial charge in [0.1, 0.15) is 0 Å². The summed E-state index contributed by atoms with van der Waals surface area (Å²) < 4.78 is 28.6. The molecule has 1 aromatic rings. The third-order valence-electron chi connectivity index (χ3n) is 4.86. The van der Waals surface area contributed by atoms with Crippen molar-refractivity contribution in [2.45, 2.75) is 38.3 Å². The summed E-state index contributed by atoms with van der Waals surface area (Å²) in [5.41, 5.74) is 1.05. The van der Waals surface area contributed by atoms with Crippen molar-refractivity contribution in [2.24, 2.45) is 5.92 Å². The Morgan fingerprint density at radius 3 is 2.55 bits per heavy atom. The van der Waals surface area contributed by atoms with Crippen molar-refractivity contribution < 1.29 is 8.42 Å². The largest absolute Gasteiger partial charge is 0.381 e. The molecular formula is C16H25N3O2S. The monoisotopic (exact) mass is 323 g/mol. The van der Waals surface area contributed by atoms with Gasteiger partial charge in [0, 0.05) is 37.9 Å². The average molecular weight is 323 g/mol. The molecule has 0 unspecified atom stereocenters. The average Bonchev–Trinajstić information content (AvgIpc) is 3.26. The molecule has 5 nitrogen and oxygen atoms in total. The Bertz CT molecular complexity index is 601. The lowest BCUT2D eigenvalue weighted by molar-refractivity contribution is 0.323. The number of hydrogen-bond donors (Lipinski definition) is 1. The van der Waals surface area contributed by atoms with Gasteiger partial charge in [-0.2, -0.15) is 17.0 Å². The molecule has 0 radical (unpaired) electrons. The molecule has 2 fully saturated rings. The Kier molecular flexibility index (Phi) is 4.43. The van der Waals surface area contributed by atoms with E-state index in [9.17, 15) is 8.42 Å². The number of anilines is 1. The first-order valence-corrected chi connectivity index (χ1v) is 9.43. The molecule has 122 valence electrons. The van der Waals surface area contributed by atoms with E-state index in [1.165, 1.54) is 0 Å². The third kappa shape index (κ3) is 3.29. The zero-order valence-corrected chi connectivity index (χ0v) is 14.1. The molecule has 0 spiro atoms. The second kappa shape index (κ2) is 6.18. The van der Waals surface area contributed by atoms with E-state index >= 15 is 0 Å². The van der Waals surface area contributed by atoms with Crippen LogP contribution in [0.15, 0.2) is 30.3 Å². The van der Waals surface area contributed by atoms with Gasteiger partial charge in [-0.1, -0.05) is 18.2 Å². The lowest BCUT2D eigenvalue weighted by atomic mass is 10.2. The first kappa shape index (κ1) is 15.8. The van der Waals surface area contributed by atoms with Crippen LogP contribution in [0.5, 0.6) is 0 Å². The number of hydrogen-bond acceptors (Lipinski definition) is 3. The number of para-hydroxylation sites is 1. The zero-order valence-electron chi connectivity index (χ0n) is 13.3. The molecule has 1 aliphatic heterocycles. The Labute approximate surface area is 133 Å². The van der Waals surface area contributed by atoms with Crippen molar-refractivity contribution >= 4 is 15.9 Å². The summed E-state index contributed by atoms with van der Waals surface area (Å²) in [6.07, 6.45) is 3.15. The summed E-state index contributed by atoms with van der Waals surface area (Å²) in [6.45, 7) is 3.15. The van der Waals surface area contributed by atoms with Crippen molar-refractivity contribution in [1.29, 1.82) is 0 Å². The van der Waals surface area contributed by atoms with Crippen molar-refractivity contribution in [1.82, 2.24) is 8.61 Å². The van der Waals surface area contributed by atoms with E-state index in [4.69, 9.17) is 0 Å². The molecule has 0 bridgehead atoms. The lowest BCUT2D eigenvalue weighted by Crippen LogP contribution is -2.46. The van der Waals surface area contributed by atoms with Crippen LogP contribution in [0.2, 0.25) is 0 Å². The number of rotatable bonds is 6. The number of nitrogens with one attached hydrogen (secondary N) is 1. The summed E-state index contributed by atoms with van der Waals surface area (Å²) in [7, 11) is -1.62. The van der Waals surface area contributed by atoms with E-state index in [2.05, 4.69) is 5.32 Å². The Morgan fingerprint density at radius 1 is 1.23 bits per heavy atom. The third-order valence-corrected chi connectivity index (χ3v) is 6.91. The molecule has 1 saturated carbocycles. The molecular weight excluding hydrogens is 298 g/mol. The molecule has 1 saturated heterocycles. The predicted molar refractivity (Wildman–Crippen MR) is 88.9 cm³/mol. The highest BCUT2D eigenvalue weighted by Crippen LogP contribution is 2.36. The topological polar surface area (TPSA) is 52.7 Å². The van der Waals surface area contributed by atoms with Crippen molar-refractivity contribution in [2.75, 3.05) is 25.5 Å². The van der Waals surface area contributed by atoms with Gasteiger partial charge in [0.2, 0.25) is 0 Å². The van der Waals surface area contributed by atoms with Gasteiger partial charge in [-0.3, -0.25) is 0 Å². The standard InChI is InChI=1S/C16H25N3O2S/c1-13(14-8-9-14)18(2)22(20,21)19-11-10-16(12-19)17-15-6-4-3-5-7-15/h3-7,13-14,16-17H,8-12H2,1-2H3/t13-,16+/m0/s1. The Hall–Kier alpha value is -1.11. The van der Waals surface area contributed by atoms with E-state index in [1.54, 1.807) is 15.7 Å². The van der Waals surface area contributed by atoms with Crippen molar-refractivity contribution in [3.05, 3.63) is 30.3 Å². The normalized spacial score (nSPS) is 24.6. The van der Waals surface area contributed by atoms with Crippen LogP contribution in [0, 0.1) is 5.92 Å². The van der Waals surface area contributed by atoms with Gasteiger partial charge >= 0.3 is 0 Å². The van der Waals surface area contributed by atoms with E-state index in [0.717, 1.165) is 24.9 Å². The van der Waals surface area contributed by atoms with E-state index in [-0.39, 0.29) is 12.1 Å². The van der Waals surface area contributed by atoms with Crippen LogP contribution in [0.25, 0.3) is 0 Å². The second-order valence-corrected chi connectivity index (χ2v) is 8.44. The van der Waals surface area contributed by atoms with Gasteiger partial charge in [0.25, 0.3) is 10.2 Å². The van der Waals surface area contributed by atoms with Crippen LogP contribution in [0.4, 0.5) is 5.69 Å². The summed E-state index contributed by atoms with van der Waals surface area (Å²) in [4.78, 5) is 0. The first-order chi connectivity index (χ1) is 10.5. The SMILES string of the molecule is C[C@@H](C1CC1)N(C)S(=O)(=O)N1CC[C@@H](Nc2ccccc2)C1. The minimum absolute atomic E-state index is 0.103. The molecule has 0 amide bonds. The van der Waals surface area contributed by atoms with Gasteiger partial charge in [0.15, 0.2) is 0 Å². The van der Waals surface area contributed by atoms with Gasteiger partial charge in [0.05, 0.1) is 0 Å². The zero-order chi connectivity index (χ0) is 15.7. The van der Waals surface area contributed by atoms with Crippen molar-refractivity contribution in [3.63, 3.8) is 0 Å². The van der Waals surface area contributed by atoms with Crippen LogP contribution in [-0.4, -0.2) is 49.2 Å². The maximum Gasteiger partial charge on any atom is 0.282 e. The number of benzene rings is 1.